The van der Waals surface area contributed by atoms with E-state index in [0.717, 1.165) is 36.2 Å². The van der Waals surface area contributed by atoms with Crippen molar-refractivity contribution in [2.24, 2.45) is 0 Å². The van der Waals surface area contributed by atoms with Gasteiger partial charge in [0, 0.05) is 42.9 Å². The molecule has 0 saturated carbocycles. The van der Waals surface area contributed by atoms with E-state index in [2.05, 4.69) is 48.2 Å². The predicted octanol–water partition coefficient (Wildman–Crippen LogP) is 4.15. The molecule has 4 heterocycles. The standard InChI is InChI=1S/C25H23N7O/c1-17-30-25(33-31-17)22-8-4-12-32(22)24(19-6-2-5-18(13-19)14-26)23(20-7-3-9-27-15-20)21-16-28-10-11-29-21/h2-3,5-7,9-11,13,15-16,22-24H,4,8,12H2,1H3. The zero-order valence-electron chi connectivity index (χ0n) is 18.2. The highest BCUT2D eigenvalue weighted by Gasteiger charge is 2.41. The molecule has 1 aliphatic rings. The fourth-order valence-corrected chi connectivity index (χ4v) is 4.75. The second-order valence-corrected chi connectivity index (χ2v) is 8.15. The number of aryl methyl sites for hydroxylation is 1. The summed E-state index contributed by atoms with van der Waals surface area (Å²) in [5.41, 5.74) is 3.51. The van der Waals surface area contributed by atoms with E-state index < -0.39 is 0 Å². The molecular formula is C25H23N7O. The molecule has 0 N–H and O–H groups in total. The highest BCUT2D eigenvalue weighted by atomic mass is 16.5. The molecule has 8 heteroatoms. The van der Waals surface area contributed by atoms with E-state index in [0.29, 0.717) is 17.3 Å². The van der Waals surface area contributed by atoms with Crippen LogP contribution in [0.15, 0.2) is 71.9 Å². The van der Waals surface area contributed by atoms with Gasteiger partial charge in [-0.25, -0.2) is 0 Å². The van der Waals surface area contributed by atoms with Gasteiger partial charge in [-0.2, -0.15) is 10.2 Å². The third-order valence-corrected chi connectivity index (χ3v) is 6.10. The number of nitrogens with zero attached hydrogens (tertiary/aromatic N) is 7. The van der Waals surface area contributed by atoms with Crippen molar-refractivity contribution in [1.29, 1.82) is 5.26 Å². The van der Waals surface area contributed by atoms with Crippen LogP contribution in [0.5, 0.6) is 0 Å². The van der Waals surface area contributed by atoms with Crippen molar-refractivity contribution in [3.63, 3.8) is 0 Å². The number of rotatable bonds is 6. The van der Waals surface area contributed by atoms with Gasteiger partial charge < -0.3 is 4.52 Å². The zero-order valence-corrected chi connectivity index (χ0v) is 18.2. The van der Waals surface area contributed by atoms with Crippen molar-refractivity contribution in [1.82, 2.24) is 30.0 Å². The molecule has 0 spiro atoms. The topological polar surface area (TPSA) is 105 Å². The first-order valence-corrected chi connectivity index (χ1v) is 11.0. The molecule has 1 saturated heterocycles. The molecule has 0 aliphatic carbocycles. The Morgan fingerprint density at radius 3 is 2.70 bits per heavy atom. The van der Waals surface area contributed by atoms with Crippen molar-refractivity contribution in [2.75, 3.05) is 6.54 Å². The summed E-state index contributed by atoms with van der Waals surface area (Å²) in [5, 5.41) is 13.6. The largest absolute Gasteiger partial charge is 0.338 e. The van der Waals surface area contributed by atoms with Gasteiger partial charge in [-0.3, -0.25) is 19.9 Å². The maximum absolute atomic E-state index is 9.59. The van der Waals surface area contributed by atoms with Gasteiger partial charge in [0.05, 0.1) is 23.4 Å². The van der Waals surface area contributed by atoms with Crippen LogP contribution >= 0.6 is 0 Å². The Kier molecular flexibility index (Phi) is 5.87. The number of hydrogen-bond donors (Lipinski definition) is 0. The van der Waals surface area contributed by atoms with Crippen LogP contribution in [-0.4, -0.2) is 36.5 Å². The molecule has 5 rings (SSSR count). The van der Waals surface area contributed by atoms with Crippen LogP contribution in [0, 0.1) is 18.3 Å². The lowest BCUT2D eigenvalue weighted by molar-refractivity contribution is 0.137. The van der Waals surface area contributed by atoms with Crippen LogP contribution in [0.1, 0.15) is 64.9 Å². The maximum Gasteiger partial charge on any atom is 0.244 e. The highest BCUT2D eigenvalue weighted by Crippen LogP contribution is 2.46. The smallest absolute Gasteiger partial charge is 0.244 e. The number of pyridine rings is 1. The minimum atomic E-state index is -0.161. The molecule has 1 aromatic carbocycles. The third kappa shape index (κ3) is 4.23. The summed E-state index contributed by atoms with van der Waals surface area (Å²) in [6.07, 6.45) is 10.8. The van der Waals surface area contributed by atoms with E-state index in [-0.39, 0.29) is 18.0 Å². The lowest BCUT2D eigenvalue weighted by Crippen LogP contribution is -2.34. The van der Waals surface area contributed by atoms with Crippen LogP contribution in [0.3, 0.4) is 0 Å². The molecule has 1 aliphatic heterocycles. The molecule has 164 valence electrons. The normalized spacial score (nSPS) is 18.0. The number of hydrogen-bond acceptors (Lipinski definition) is 8. The average Bonchev–Trinajstić information content (AvgIpc) is 3.52. The lowest BCUT2D eigenvalue weighted by atomic mass is 9.83. The second-order valence-electron chi connectivity index (χ2n) is 8.15. The lowest BCUT2D eigenvalue weighted by Gasteiger charge is -2.37. The Morgan fingerprint density at radius 1 is 1.09 bits per heavy atom. The van der Waals surface area contributed by atoms with Crippen molar-refractivity contribution in [3.8, 4) is 6.07 Å². The van der Waals surface area contributed by atoms with Gasteiger partial charge in [-0.1, -0.05) is 23.4 Å². The van der Waals surface area contributed by atoms with Gasteiger partial charge in [-0.15, -0.1) is 0 Å². The Bertz CT molecular complexity index is 1210. The Balaban J connectivity index is 1.69. The molecular weight excluding hydrogens is 414 g/mol. The van der Waals surface area contributed by atoms with Crippen LogP contribution in [0.2, 0.25) is 0 Å². The first-order chi connectivity index (χ1) is 16.2. The predicted molar refractivity (Wildman–Crippen MR) is 120 cm³/mol. The van der Waals surface area contributed by atoms with E-state index in [1.54, 1.807) is 24.8 Å². The second kappa shape index (κ2) is 9.27. The third-order valence-electron chi connectivity index (χ3n) is 6.10. The van der Waals surface area contributed by atoms with Crippen molar-refractivity contribution in [2.45, 2.75) is 37.8 Å². The summed E-state index contributed by atoms with van der Waals surface area (Å²) >= 11 is 0. The molecule has 3 aromatic heterocycles. The van der Waals surface area contributed by atoms with Gasteiger partial charge in [0.1, 0.15) is 0 Å². The first-order valence-electron chi connectivity index (χ1n) is 11.0. The van der Waals surface area contributed by atoms with Gasteiger partial charge in [-0.05, 0) is 55.6 Å². The molecule has 3 unspecified atom stereocenters. The molecule has 1 fully saturated rings. The van der Waals surface area contributed by atoms with Gasteiger partial charge in [0.15, 0.2) is 5.82 Å². The average molecular weight is 438 g/mol. The molecule has 0 bridgehead atoms. The van der Waals surface area contributed by atoms with Crippen molar-refractivity contribution in [3.05, 3.63) is 101 Å². The Morgan fingerprint density at radius 2 is 1.97 bits per heavy atom. The molecule has 0 radical (unpaired) electrons. The van der Waals surface area contributed by atoms with Gasteiger partial charge >= 0.3 is 0 Å². The summed E-state index contributed by atoms with van der Waals surface area (Å²) in [7, 11) is 0. The number of benzene rings is 1. The number of aromatic nitrogens is 5. The molecule has 3 atom stereocenters. The summed E-state index contributed by atoms with van der Waals surface area (Å²) in [6.45, 7) is 2.68. The van der Waals surface area contributed by atoms with Crippen LogP contribution in [0.25, 0.3) is 0 Å². The number of likely N-dealkylation sites (tertiary alicyclic amines) is 1. The quantitative estimate of drug-likeness (QED) is 0.443. The minimum Gasteiger partial charge on any atom is -0.338 e. The molecule has 8 nitrogen and oxygen atoms in total. The SMILES string of the molecule is Cc1noc(C2CCCN2C(c2cccc(C#N)c2)C(c2cccnc2)c2cnccn2)n1. The van der Waals surface area contributed by atoms with E-state index in [1.165, 1.54) is 0 Å². The maximum atomic E-state index is 9.59. The van der Waals surface area contributed by atoms with Gasteiger partial charge in [0.25, 0.3) is 0 Å². The highest BCUT2D eigenvalue weighted by molar-refractivity contribution is 5.39. The van der Waals surface area contributed by atoms with E-state index in [1.807, 2.05) is 37.4 Å². The molecule has 33 heavy (non-hydrogen) atoms. The monoisotopic (exact) mass is 437 g/mol. The summed E-state index contributed by atoms with van der Waals surface area (Å²) < 4.78 is 5.61. The fourth-order valence-electron chi connectivity index (χ4n) is 4.75. The van der Waals surface area contributed by atoms with E-state index >= 15 is 0 Å². The fraction of sp³-hybridized carbons (Fsp3) is 0.280. The van der Waals surface area contributed by atoms with Crippen LogP contribution in [-0.2, 0) is 0 Å². The van der Waals surface area contributed by atoms with Gasteiger partial charge in [0.2, 0.25) is 5.89 Å². The Hall–Kier alpha value is -3.96. The number of nitriles is 1. The van der Waals surface area contributed by atoms with Crippen LogP contribution < -0.4 is 0 Å². The minimum absolute atomic E-state index is 0.0298. The van der Waals surface area contributed by atoms with Crippen molar-refractivity contribution < 1.29 is 4.52 Å². The van der Waals surface area contributed by atoms with Crippen molar-refractivity contribution >= 4 is 0 Å². The summed E-state index contributed by atoms with van der Waals surface area (Å²) in [4.78, 5) is 20.4. The first kappa shape index (κ1) is 20.9. The zero-order chi connectivity index (χ0) is 22.6. The molecule has 4 aromatic rings. The van der Waals surface area contributed by atoms with E-state index in [4.69, 9.17) is 4.52 Å². The van der Waals surface area contributed by atoms with Crippen LogP contribution in [0.4, 0.5) is 0 Å². The van der Waals surface area contributed by atoms with E-state index in [9.17, 15) is 5.26 Å². The molecule has 0 amide bonds. The summed E-state index contributed by atoms with van der Waals surface area (Å²) in [6, 6.07) is 13.9. The Labute approximate surface area is 192 Å². The summed E-state index contributed by atoms with van der Waals surface area (Å²) in [5.74, 6) is 1.08.